The fourth-order valence-corrected chi connectivity index (χ4v) is 5.53. The predicted octanol–water partition coefficient (Wildman–Crippen LogP) is 4.79. The van der Waals surface area contributed by atoms with Gasteiger partial charge in [-0.15, -0.1) is 0 Å². The van der Waals surface area contributed by atoms with Crippen molar-refractivity contribution < 1.29 is 31.5 Å². The van der Waals surface area contributed by atoms with Crippen molar-refractivity contribution in [1.82, 2.24) is 29.9 Å². The summed E-state index contributed by atoms with van der Waals surface area (Å²) < 4.78 is 67.4. The van der Waals surface area contributed by atoms with Gasteiger partial charge in [-0.1, -0.05) is 0 Å². The summed E-state index contributed by atoms with van der Waals surface area (Å²) in [5, 5.41) is 7.13. The van der Waals surface area contributed by atoms with E-state index in [4.69, 9.17) is 10.7 Å². The molecule has 0 bridgehead atoms. The first kappa shape index (κ1) is 28.8. The second-order valence-corrected chi connectivity index (χ2v) is 11.0. The molecule has 3 aromatic rings. The zero-order valence-electron chi connectivity index (χ0n) is 22.3. The molecule has 2 aliphatic rings. The van der Waals surface area contributed by atoms with E-state index in [0.29, 0.717) is 22.6 Å². The zero-order valence-corrected chi connectivity index (χ0v) is 22.3. The maximum absolute atomic E-state index is 14.0. The lowest BCUT2D eigenvalue weighted by Gasteiger charge is -2.33. The maximum atomic E-state index is 14.0. The number of rotatable bonds is 9. The minimum absolute atomic E-state index is 0.0478. The van der Waals surface area contributed by atoms with Gasteiger partial charge in [0, 0.05) is 25.5 Å². The zero-order chi connectivity index (χ0) is 29.5. The number of carbonyl (C=O) groups is 2. The average Bonchev–Trinajstić information content (AvgIpc) is 3.65. The van der Waals surface area contributed by atoms with Crippen LogP contribution in [-0.2, 0) is 4.79 Å². The van der Waals surface area contributed by atoms with Crippen LogP contribution in [0.2, 0.25) is 0 Å². The largest absolute Gasteiger partial charge is 0.389 e. The number of primary amides is 1. The van der Waals surface area contributed by atoms with Gasteiger partial charge < -0.3 is 11.1 Å². The van der Waals surface area contributed by atoms with E-state index in [2.05, 4.69) is 20.4 Å². The molecule has 2 atom stereocenters. The highest BCUT2D eigenvalue weighted by Crippen LogP contribution is 2.45. The van der Waals surface area contributed by atoms with Crippen LogP contribution in [0, 0.1) is 18.8 Å². The fraction of sp³-hybridized carbons (Fsp3) is 0.556. The number of alkyl halides is 5. The summed E-state index contributed by atoms with van der Waals surface area (Å²) in [5.74, 6) is -5.17. The van der Waals surface area contributed by atoms with Crippen LogP contribution >= 0.6 is 0 Å². The first-order valence-electron chi connectivity index (χ1n) is 13.5. The molecule has 0 unspecified atom stereocenters. The van der Waals surface area contributed by atoms with E-state index in [-0.39, 0.29) is 48.9 Å². The van der Waals surface area contributed by atoms with Crippen LogP contribution in [0.4, 0.5) is 22.0 Å². The SMILES string of the molecule is Cc1cnc([C@H](c2cn3ncc([C@H](NC(=O)CCC(F)(F)F)C4CC4)cc3n2)C2CCC(F)(F)CC2)c(C(N)=O)n1. The number of amides is 2. The minimum atomic E-state index is -4.43. The Hall–Kier alpha value is -3.71. The summed E-state index contributed by atoms with van der Waals surface area (Å²) in [6.45, 7) is 1.66. The Bertz CT molecular complexity index is 1440. The van der Waals surface area contributed by atoms with Crippen molar-refractivity contribution in [2.75, 3.05) is 0 Å². The topological polar surface area (TPSA) is 128 Å². The van der Waals surface area contributed by atoms with Crippen LogP contribution in [0.1, 0.15) is 96.5 Å². The summed E-state index contributed by atoms with van der Waals surface area (Å²) in [7, 11) is 0. The number of nitrogens with two attached hydrogens (primary N) is 1. The van der Waals surface area contributed by atoms with Crippen LogP contribution in [0.15, 0.2) is 24.7 Å². The highest BCUT2D eigenvalue weighted by Gasteiger charge is 2.41. The van der Waals surface area contributed by atoms with Gasteiger partial charge in [-0.3, -0.25) is 14.6 Å². The number of aryl methyl sites for hydroxylation is 1. The van der Waals surface area contributed by atoms with E-state index >= 15 is 0 Å². The molecule has 5 rings (SSSR count). The quantitative estimate of drug-likeness (QED) is 0.351. The Balaban J connectivity index is 1.48. The lowest BCUT2D eigenvalue weighted by molar-refractivity contribution is -0.144. The standard InChI is InChI=1S/C27H30F5N7O2/c1-14-11-34-23(24(36-14)25(33)41)21(15-4-7-26(28,29)8-5-15)18-13-39-19(37-18)10-17(12-35-39)22(16-2-3-16)38-20(40)6-9-27(30,31)32/h10-13,15-16,21-22H,2-9H2,1H3,(H2,33,41)(H,38,40)/t21-,22+/m0/s1. The molecule has 41 heavy (non-hydrogen) atoms. The molecule has 9 nitrogen and oxygen atoms in total. The molecule has 0 spiro atoms. The third-order valence-electron chi connectivity index (χ3n) is 7.77. The molecular formula is C27H30F5N7O2. The van der Waals surface area contributed by atoms with Crippen molar-refractivity contribution in [2.45, 2.75) is 82.3 Å². The molecule has 0 saturated heterocycles. The number of halogens is 5. The highest BCUT2D eigenvalue weighted by atomic mass is 19.4. The summed E-state index contributed by atoms with van der Waals surface area (Å²) in [5.41, 5.74) is 7.74. The van der Waals surface area contributed by atoms with Gasteiger partial charge in [-0.2, -0.15) is 18.3 Å². The number of imidazole rings is 1. The number of hydrogen-bond acceptors (Lipinski definition) is 6. The lowest BCUT2D eigenvalue weighted by Crippen LogP contribution is -2.30. The van der Waals surface area contributed by atoms with Crippen LogP contribution in [-0.4, -0.2) is 48.5 Å². The number of nitrogens with zero attached hydrogens (tertiary/aromatic N) is 5. The van der Waals surface area contributed by atoms with E-state index < -0.39 is 48.7 Å². The number of fused-ring (bicyclic) bond motifs is 1. The number of aromatic nitrogens is 5. The van der Waals surface area contributed by atoms with E-state index in [0.717, 1.165) is 12.8 Å². The second kappa shape index (κ2) is 10.9. The van der Waals surface area contributed by atoms with E-state index in [1.165, 1.54) is 16.9 Å². The lowest BCUT2D eigenvalue weighted by atomic mass is 9.75. The molecular weight excluding hydrogens is 549 g/mol. The van der Waals surface area contributed by atoms with E-state index in [1.807, 2.05) is 0 Å². The highest BCUT2D eigenvalue weighted by molar-refractivity contribution is 5.92. The van der Waals surface area contributed by atoms with Crippen molar-refractivity contribution in [2.24, 2.45) is 17.6 Å². The molecule has 0 aliphatic heterocycles. The van der Waals surface area contributed by atoms with Gasteiger partial charge in [0.05, 0.1) is 47.9 Å². The Kier molecular flexibility index (Phi) is 7.68. The van der Waals surface area contributed by atoms with Gasteiger partial charge in [0.15, 0.2) is 5.65 Å². The molecule has 14 heteroatoms. The van der Waals surface area contributed by atoms with Crippen LogP contribution in [0.3, 0.4) is 0 Å². The summed E-state index contributed by atoms with van der Waals surface area (Å²) in [4.78, 5) is 38.1. The number of nitrogens with one attached hydrogen (secondary N) is 1. The van der Waals surface area contributed by atoms with Gasteiger partial charge in [0.25, 0.3) is 5.91 Å². The van der Waals surface area contributed by atoms with Gasteiger partial charge >= 0.3 is 6.18 Å². The van der Waals surface area contributed by atoms with Gasteiger partial charge in [-0.05, 0) is 56.1 Å². The van der Waals surface area contributed by atoms with Crippen molar-refractivity contribution in [3.05, 3.63) is 53.0 Å². The monoisotopic (exact) mass is 579 g/mol. The van der Waals surface area contributed by atoms with Crippen LogP contribution in [0.25, 0.3) is 5.65 Å². The molecule has 3 heterocycles. The average molecular weight is 580 g/mol. The molecule has 3 aromatic heterocycles. The van der Waals surface area contributed by atoms with Crippen molar-refractivity contribution in [3.8, 4) is 0 Å². The third kappa shape index (κ3) is 6.79. The van der Waals surface area contributed by atoms with Crippen molar-refractivity contribution >= 4 is 17.5 Å². The molecule has 3 N–H and O–H groups in total. The molecule has 2 amide bonds. The van der Waals surface area contributed by atoms with E-state index in [9.17, 15) is 31.5 Å². The molecule has 0 radical (unpaired) electrons. The normalized spacial score (nSPS) is 19.2. The first-order valence-corrected chi connectivity index (χ1v) is 13.5. The Morgan fingerprint density at radius 2 is 1.83 bits per heavy atom. The maximum Gasteiger partial charge on any atom is 0.389 e. The van der Waals surface area contributed by atoms with Crippen molar-refractivity contribution in [1.29, 1.82) is 0 Å². The van der Waals surface area contributed by atoms with Crippen molar-refractivity contribution in [3.63, 3.8) is 0 Å². The molecule has 2 saturated carbocycles. The second-order valence-electron chi connectivity index (χ2n) is 11.0. The molecule has 2 aliphatic carbocycles. The number of hydrogen-bond donors (Lipinski definition) is 2. The Morgan fingerprint density at radius 3 is 2.46 bits per heavy atom. The summed E-state index contributed by atoms with van der Waals surface area (Å²) in [6.07, 6.45) is -0.315. The number of carbonyl (C=O) groups excluding carboxylic acids is 2. The minimum Gasteiger partial charge on any atom is -0.364 e. The molecule has 2 fully saturated rings. The third-order valence-corrected chi connectivity index (χ3v) is 7.77. The fourth-order valence-electron chi connectivity index (χ4n) is 5.53. The Labute approximate surface area is 232 Å². The van der Waals surface area contributed by atoms with Crippen LogP contribution < -0.4 is 11.1 Å². The predicted molar refractivity (Wildman–Crippen MR) is 136 cm³/mol. The Morgan fingerprint density at radius 1 is 1.12 bits per heavy atom. The molecule has 0 aromatic carbocycles. The van der Waals surface area contributed by atoms with Crippen LogP contribution in [0.5, 0.6) is 0 Å². The molecule has 220 valence electrons. The van der Waals surface area contributed by atoms with Gasteiger partial charge in [0.2, 0.25) is 11.8 Å². The summed E-state index contributed by atoms with van der Waals surface area (Å²) >= 11 is 0. The van der Waals surface area contributed by atoms with Gasteiger partial charge in [0.1, 0.15) is 5.69 Å². The smallest absolute Gasteiger partial charge is 0.364 e. The first-order chi connectivity index (χ1) is 19.3. The van der Waals surface area contributed by atoms with E-state index in [1.54, 1.807) is 19.2 Å². The summed E-state index contributed by atoms with van der Waals surface area (Å²) in [6, 6.07) is 1.18. The van der Waals surface area contributed by atoms with Gasteiger partial charge in [-0.25, -0.2) is 23.3 Å².